The number of aromatic hydroxyl groups is 1. The molecule has 1 N–H and O–H groups in total. The van der Waals surface area contributed by atoms with Crippen LogP contribution in [0.5, 0.6) is 5.75 Å². The van der Waals surface area contributed by atoms with E-state index in [9.17, 15) is 9.90 Å². The number of hydrogen-bond donors (Lipinski definition) is 2. The molecular formula is C12H11NO2S. The molecule has 1 heterocycles. The molecule has 0 aliphatic heterocycles. The molecule has 16 heavy (non-hydrogen) atoms. The molecule has 82 valence electrons. The Morgan fingerprint density at radius 1 is 1.44 bits per heavy atom. The Hall–Kier alpha value is -1.55. The van der Waals surface area contributed by atoms with Gasteiger partial charge in [0.2, 0.25) is 0 Å². The minimum absolute atomic E-state index is 0.0394. The van der Waals surface area contributed by atoms with Gasteiger partial charge < -0.3 is 5.11 Å². The van der Waals surface area contributed by atoms with Gasteiger partial charge in [0.15, 0.2) is 5.78 Å². The van der Waals surface area contributed by atoms with Gasteiger partial charge in [0.25, 0.3) is 0 Å². The molecule has 0 radical (unpaired) electrons. The lowest BCUT2D eigenvalue weighted by Gasteiger charge is -2.08. The van der Waals surface area contributed by atoms with Crippen LogP contribution in [-0.4, -0.2) is 15.9 Å². The van der Waals surface area contributed by atoms with Gasteiger partial charge in [0, 0.05) is 5.39 Å². The number of ketones is 1. The minimum Gasteiger partial charge on any atom is -0.506 e. The molecule has 0 spiro atoms. The van der Waals surface area contributed by atoms with Crippen LogP contribution in [0.2, 0.25) is 0 Å². The van der Waals surface area contributed by atoms with Gasteiger partial charge in [-0.2, -0.15) is 0 Å². The van der Waals surface area contributed by atoms with Gasteiger partial charge in [0.05, 0.1) is 11.1 Å². The fourth-order valence-corrected chi connectivity index (χ4v) is 2.04. The summed E-state index contributed by atoms with van der Waals surface area (Å²) < 4.78 is 0. The standard InChI is InChI=1S/C12H11NO2S/c1-6-3-4-8-9(5-6)13-12(16)10(7(2)14)11(8)15/h3-5H,1-2H3,(H2,13,15,16). The number of Topliss-reactive ketones (excluding diaryl/α,β-unsaturated/α-hetero) is 1. The molecule has 0 fully saturated rings. The summed E-state index contributed by atoms with van der Waals surface area (Å²) in [5, 5.41) is 10.8. The van der Waals surface area contributed by atoms with Crippen molar-refractivity contribution in [2.45, 2.75) is 18.9 Å². The van der Waals surface area contributed by atoms with Crippen molar-refractivity contribution in [2.24, 2.45) is 0 Å². The molecule has 3 nitrogen and oxygen atoms in total. The number of nitrogens with zero attached hydrogens (tertiary/aromatic N) is 1. The second-order valence-corrected chi connectivity index (χ2v) is 4.16. The smallest absolute Gasteiger partial charge is 0.166 e. The molecule has 0 bridgehead atoms. The molecule has 1 aromatic heterocycles. The zero-order valence-corrected chi connectivity index (χ0v) is 9.88. The minimum atomic E-state index is -0.238. The highest BCUT2D eigenvalue weighted by Crippen LogP contribution is 2.31. The van der Waals surface area contributed by atoms with Gasteiger partial charge in [-0.1, -0.05) is 6.07 Å². The van der Waals surface area contributed by atoms with Crippen molar-refractivity contribution in [1.29, 1.82) is 0 Å². The number of carbonyl (C=O) groups excluding carboxylic acids is 1. The van der Waals surface area contributed by atoms with Gasteiger partial charge >= 0.3 is 0 Å². The zero-order chi connectivity index (χ0) is 11.9. The first-order valence-corrected chi connectivity index (χ1v) is 5.28. The summed E-state index contributed by atoms with van der Waals surface area (Å²) in [5.74, 6) is -0.278. The number of aryl methyl sites for hydroxylation is 1. The number of rotatable bonds is 1. The zero-order valence-electron chi connectivity index (χ0n) is 8.98. The van der Waals surface area contributed by atoms with Crippen molar-refractivity contribution in [1.82, 2.24) is 4.98 Å². The maximum Gasteiger partial charge on any atom is 0.166 e. The van der Waals surface area contributed by atoms with Crippen LogP contribution >= 0.6 is 12.6 Å². The number of thiol groups is 1. The van der Waals surface area contributed by atoms with Crippen molar-refractivity contribution >= 4 is 29.3 Å². The highest BCUT2D eigenvalue weighted by atomic mass is 32.1. The first-order chi connectivity index (χ1) is 7.50. The van der Waals surface area contributed by atoms with Gasteiger partial charge in [-0.3, -0.25) is 4.79 Å². The maximum atomic E-state index is 11.3. The van der Waals surface area contributed by atoms with E-state index in [4.69, 9.17) is 0 Å². The monoisotopic (exact) mass is 233 g/mol. The molecule has 0 aliphatic rings. The molecule has 0 aliphatic carbocycles. The maximum absolute atomic E-state index is 11.3. The highest BCUT2D eigenvalue weighted by Gasteiger charge is 2.15. The molecule has 0 saturated carbocycles. The molecular weight excluding hydrogens is 222 g/mol. The van der Waals surface area contributed by atoms with Crippen molar-refractivity contribution in [3.63, 3.8) is 0 Å². The number of benzene rings is 1. The summed E-state index contributed by atoms with van der Waals surface area (Å²) >= 11 is 4.13. The third kappa shape index (κ3) is 1.65. The van der Waals surface area contributed by atoms with Gasteiger partial charge in [-0.05, 0) is 31.5 Å². The van der Waals surface area contributed by atoms with Crippen LogP contribution in [0.15, 0.2) is 23.2 Å². The van der Waals surface area contributed by atoms with Gasteiger partial charge in [0.1, 0.15) is 10.8 Å². The lowest BCUT2D eigenvalue weighted by molar-refractivity contribution is 0.101. The number of carbonyl (C=O) groups is 1. The number of hydrogen-bond acceptors (Lipinski definition) is 4. The fraction of sp³-hybridized carbons (Fsp3) is 0.167. The predicted molar refractivity (Wildman–Crippen MR) is 65.4 cm³/mol. The molecule has 2 rings (SSSR count). The Balaban J connectivity index is 2.89. The third-order valence-corrected chi connectivity index (χ3v) is 2.77. The quantitative estimate of drug-likeness (QED) is 0.588. The number of fused-ring (bicyclic) bond motifs is 1. The van der Waals surface area contributed by atoms with E-state index in [0.717, 1.165) is 5.56 Å². The van der Waals surface area contributed by atoms with Crippen molar-refractivity contribution in [3.8, 4) is 5.75 Å². The molecule has 0 saturated heterocycles. The largest absolute Gasteiger partial charge is 0.506 e. The summed E-state index contributed by atoms with van der Waals surface area (Å²) in [5.41, 5.74) is 1.87. The van der Waals surface area contributed by atoms with Crippen LogP contribution in [0.3, 0.4) is 0 Å². The first kappa shape index (κ1) is 11.0. The predicted octanol–water partition coefficient (Wildman–Crippen LogP) is 2.74. The molecule has 0 atom stereocenters. The van der Waals surface area contributed by atoms with Crippen LogP contribution < -0.4 is 0 Å². The van der Waals surface area contributed by atoms with E-state index >= 15 is 0 Å². The Kier molecular flexibility index (Phi) is 2.59. The lowest BCUT2D eigenvalue weighted by Crippen LogP contribution is -1.98. The van der Waals surface area contributed by atoms with Crippen LogP contribution in [-0.2, 0) is 0 Å². The normalized spacial score (nSPS) is 10.7. The van der Waals surface area contributed by atoms with Crippen molar-refractivity contribution in [3.05, 3.63) is 29.3 Å². The average molecular weight is 233 g/mol. The van der Waals surface area contributed by atoms with E-state index in [1.807, 2.05) is 19.1 Å². The summed E-state index contributed by atoms with van der Waals surface area (Å²) in [6, 6.07) is 5.47. The van der Waals surface area contributed by atoms with Crippen LogP contribution in [0, 0.1) is 6.92 Å². The molecule has 1 aromatic carbocycles. The first-order valence-electron chi connectivity index (χ1n) is 4.84. The van der Waals surface area contributed by atoms with Crippen molar-refractivity contribution < 1.29 is 9.90 Å². The van der Waals surface area contributed by atoms with E-state index in [1.54, 1.807) is 6.07 Å². The van der Waals surface area contributed by atoms with E-state index in [-0.39, 0.29) is 22.1 Å². The Morgan fingerprint density at radius 2 is 2.12 bits per heavy atom. The second-order valence-electron chi connectivity index (χ2n) is 3.74. The summed E-state index contributed by atoms with van der Waals surface area (Å²) in [6.07, 6.45) is 0. The lowest BCUT2D eigenvalue weighted by atomic mass is 10.1. The third-order valence-electron chi connectivity index (χ3n) is 2.45. The average Bonchev–Trinajstić information content (AvgIpc) is 2.15. The molecule has 2 aromatic rings. The molecule has 0 unspecified atom stereocenters. The fourth-order valence-electron chi connectivity index (χ4n) is 1.67. The molecule has 0 amide bonds. The van der Waals surface area contributed by atoms with Crippen molar-refractivity contribution in [2.75, 3.05) is 0 Å². The van der Waals surface area contributed by atoms with E-state index in [0.29, 0.717) is 10.9 Å². The summed E-state index contributed by atoms with van der Waals surface area (Å²) in [7, 11) is 0. The second kappa shape index (κ2) is 3.79. The van der Waals surface area contributed by atoms with E-state index in [2.05, 4.69) is 17.6 Å². The van der Waals surface area contributed by atoms with Crippen LogP contribution in [0.1, 0.15) is 22.8 Å². The SMILES string of the molecule is CC(=O)c1c(S)nc2cc(C)ccc2c1O. The topological polar surface area (TPSA) is 50.2 Å². The Morgan fingerprint density at radius 3 is 2.75 bits per heavy atom. The van der Waals surface area contributed by atoms with Gasteiger partial charge in [-0.15, -0.1) is 12.6 Å². The number of aromatic nitrogens is 1. The summed E-state index contributed by atoms with van der Waals surface area (Å²) in [6.45, 7) is 3.33. The number of pyridine rings is 1. The highest BCUT2D eigenvalue weighted by molar-refractivity contribution is 7.80. The Labute approximate surface area is 98.5 Å². The molecule has 4 heteroatoms. The summed E-state index contributed by atoms with van der Waals surface area (Å²) in [4.78, 5) is 15.6. The van der Waals surface area contributed by atoms with E-state index < -0.39 is 0 Å². The van der Waals surface area contributed by atoms with Gasteiger partial charge in [-0.25, -0.2) is 4.98 Å². The van der Waals surface area contributed by atoms with E-state index in [1.165, 1.54) is 6.92 Å². The van der Waals surface area contributed by atoms with Crippen LogP contribution in [0.25, 0.3) is 10.9 Å². The Bertz CT molecular complexity index is 593. The van der Waals surface area contributed by atoms with Crippen LogP contribution in [0.4, 0.5) is 0 Å².